The van der Waals surface area contributed by atoms with E-state index in [0.717, 1.165) is 16.9 Å². The fourth-order valence-electron chi connectivity index (χ4n) is 2.48. The third-order valence-corrected chi connectivity index (χ3v) is 4.50. The van der Waals surface area contributed by atoms with Gasteiger partial charge in [0.25, 0.3) is 0 Å². The van der Waals surface area contributed by atoms with Crippen LogP contribution in [0.5, 0.6) is 5.75 Å². The zero-order valence-corrected chi connectivity index (χ0v) is 15.8. The highest BCUT2D eigenvalue weighted by atomic mass is 35.5. The molecule has 0 fully saturated rings. The number of halogens is 2. The molecular weight excluding hydrogens is 385 g/mol. The third-order valence-electron chi connectivity index (χ3n) is 3.91. The van der Waals surface area contributed by atoms with Crippen LogP contribution in [0.2, 0.25) is 10.0 Å². The van der Waals surface area contributed by atoms with Gasteiger partial charge in [0.2, 0.25) is 0 Å². The SMILES string of the molecule is O=C(O)c1ccc(Cl)c(NCc2cccc(OCc3ccc(Cl)cc3)c2)c1. The molecule has 3 aromatic carbocycles. The maximum absolute atomic E-state index is 11.1. The first-order valence-corrected chi connectivity index (χ1v) is 9.00. The molecule has 0 atom stereocenters. The summed E-state index contributed by atoms with van der Waals surface area (Å²) in [7, 11) is 0. The highest BCUT2D eigenvalue weighted by Crippen LogP contribution is 2.24. The standard InChI is InChI=1S/C21H17Cl2NO3/c22-17-7-4-14(5-8-17)13-27-18-3-1-2-15(10-18)12-24-20-11-16(21(25)26)6-9-19(20)23/h1-11,24H,12-13H2,(H,25,26). The lowest BCUT2D eigenvalue weighted by Crippen LogP contribution is -2.03. The summed E-state index contributed by atoms with van der Waals surface area (Å²) in [5.74, 6) is -0.248. The molecule has 3 aromatic rings. The third kappa shape index (κ3) is 5.39. The van der Waals surface area contributed by atoms with E-state index in [2.05, 4.69) is 5.32 Å². The second-order valence-electron chi connectivity index (χ2n) is 5.92. The summed E-state index contributed by atoms with van der Waals surface area (Å²) >= 11 is 12.0. The van der Waals surface area contributed by atoms with Gasteiger partial charge in [0.05, 0.1) is 16.3 Å². The second kappa shape index (κ2) is 8.80. The van der Waals surface area contributed by atoms with Crippen LogP contribution in [0.25, 0.3) is 0 Å². The zero-order valence-electron chi connectivity index (χ0n) is 14.3. The molecule has 0 aliphatic heterocycles. The molecule has 0 saturated heterocycles. The van der Waals surface area contributed by atoms with Gasteiger partial charge < -0.3 is 15.2 Å². The minimum atomic E-state index is -0.993. The van der Waals surface area contributed by atoms with Crippen LogP contribution in [0.3, 0.4) is 0 Å². The maximum Gasteiger partial charge on any atom is 0.335 e. The molecule has 0 bridgehead atoms. The van der Waals surface area contributed by atoms with Gasteiger partial charge >= 0.3 is 5.97 Å². The van der Waals surface area contributed by atoms with E-state index < -0.39 is 5.97 Å². The normalized spacial score (nSPS) is 10.4. The number of hydrogen-bond acceptors (Lipinski definition) is 3. The molecule has 0 aliphatic carbocycles. The fourth-order valence-corrected chi connectivity index (χ4v) is 2.79. The molecule has 0 amide bonds. The van der Waals surface area contributed by atoms with Crippen molar-refractivity contribution in [2.45, 2.75) is 13.2 Å². The lowest BCUT2D eigenvalue weighted by atomic mass is 10.1. The van der Waals surface area contributed by atoms with Crippen molar-refractivity contribution in [1.29, 1.82) is 0 Å². The van der Waals surface area contributed by atoms with Gasteiger partial charge in [-0.25, -0.2) is 4.79 Å². The number of benzene rings is 3. The van der Waals surface area contributed by atoms with Crippen molar-refractivity contribution < 1.29 is 14.6 Å². The highest BCUT2D eigenvalue weighted by Gasteiger charge is 2.07. The van der Waals surface area contributed by atoms with E-state index in [1.165, 1.54) is 12.1 Å². The summed E-state index contributed by atoms with van der Waals surface area (Å²) < 4.78 is 5.82. The lowest BCUT2D eigenvalue weighted by molar-refractivity contribution is 0.0697. The van der Waals surface area contributed by atoms with Crippen molar-refractivity contribution in [3.8, 4) is 5.75 Å². The molecule has 27 heavy (non-hydrogen) atoms. The van der Waals surface area contributed by atoms with Crippen molar-refractivity contribution in [2.75, 3.05) is 5.32 Å². The first-order valence-electron chi connectivity index (χ1n) is 8.24. The van der Waals surface area contributed by atoms with Crippen molar-refractivity contribution in [3.05, 3.63) is 93.5 Å². The van der Waals surface area contributed by atoms with Gasteiger partial charge in [-0.1, -0.05) is 47.5 Å². The Morgan fingerprint density at radius 2 is 1.74 bits per heavy atom. The smallest absolute Gasteiger partial charge is 0.335 e. The van der Waals surface area contributed by atoms with E-state index in [0.29, 0.717) is 28.9 Å². The van der Waals surface area contributed by atoms with Gasteiger partial charge in [-0.05, 0) is 53.6 Å². The van der Waals surface area contributed by atoms with Crippen LogP contribution >= 0.6 is 23.2 Å². The van der Waals surface area contributed by atoms with E-state index in [9.17, 15) is 4.79 Å². The molecule has 0 spiro atoms. The van der Waals surface area contributed by atoms with Crippen molar-refractivity contribution in [1.82, 2.24) is 0 Å². The number of carboxylic acid groups (broad SMARTS) is 1. The van der Waals surface area contributed by atoms with E-state index in [1.807, 2.05) is 48.5 Å². The Hall–Kier alpha value is -2.69. The minimum Gasteiger partial charge on any atom is -0.489 e. The summed E-state index contributed by atoms with van der Waals surface area (Å²) in [6.07, 6.45) is 0. The van der Waals surface area contributed by atoms with Crippen molar-refractivity contribution >= 4 is 34.9 Å². The van der Waals surface area contributed by atoms with Gasteiger partial charge in [0, 0.05) is 11.6 Å². The van der Waals surface area contributed by atoms with E-state index >= 15 is 0 Å². The summed E-state index contributed by atoms with van der Waals surface area (Å²) in [4.78, 5) is 11.1. The predicted octanol–water partition coefficient (Wildman–Crippen LogP) is 5.88. The van der Waals surface area contributed by atoms with Crippen LogP contribution in [0.1, 0.15) is 21.5 Å². The largest absolute Gasteiger partial charge is 0.489 e. The van der Waals surface area contributed by atoms with Crippen LogP contribution in [-0.4, -0.2) is 11.1 Å². The molecule has 4 nitrogen and oxygen atoms in total. The number of anilines is 1. The molecule has 0 saturated carbocycles. The number of hydrogen-bond donors (Lipinski definition) is 2. The Kier molecular flexibility index (Phi) is 6.22. The van der Waals surface area contributed by atoms with Crippen LogP contribution in [0, 0.1) is 0 Å². The Bertz CT molecular complexity index is 942. The van der Waals surface area contributed by atoms with Crippen LogP contribution < -0.4 is 10.1 Å². The fraction of sp³-hybridized carbons (Fsp3) is 0.0952. The number of aromatic carboxylic acids is 1. The molecule has 0 radical (unpaired) electrons. The van der Waals surface area contributed by atoms with E-state index in [1.54, 1.807) is 6.07 Å². The number of carboxylic acids is 1. The summed E-state index contributed by atoms with van der Waals surface area (Å²) in [5.41, 5.74) is 2.77. The lowest BCUT2D eigenvalue weighted by Gasteiger charge is -2.11. The Morgan fingerprint density at radius 3 is 2.48 bits per heavy atom. The molecule has 0 unspecified atom stereocenters. The van der Waals surface area contributed by atoms with Crippen LogP contribution in [0.4, 0.5) is 5.69 Å². The molecule has 0 aromatic heterocycles. The monoisotopic (exact) mass is 401 g/mol. The maximum atomic E-state index is 11.1. The molecule has 0 heterocycles. The van der Waals surface area contributed by atoms with Crippen LogP contribution in [0.15, 0.2) is 66.7 Å². The van der Waals surface area contributed by atoms with Crippen molar-refractivity contribution in [3.63, 3.8) is 0 Å². The highest BCUT2D eigenvalue weighted by molar-refractivity contribution is 6.33. The van der Waals surface area contributed by atoms with E-state index in [-0.39, 0.29) is 5.56 Å². The number of nitrogens with one attached hydrogen (secondary N) is 1. The number of ether oxygens (including phenoxy) is 1. The van der Waals surface area contributed by atoms with Gasteiger partial charge in [0.15, 0.2) is 0 Å². The molecule has 3 rings (SSSR count). The second-order valence-corrected chi connectivity index (χ2v) is 6.76. The molecular formula is C21H17Cl2NO3. The Balaban J connectivity index is 1.63. The van der Waals surface area contributed by atoms with Gasteiger partial charge in [-0.2, -0.15) is 0 Å². The molecule has 2 N–H and O–H groups in total. The zero-order chi connectivity index (χ0) is 19.2. The van der Waals surface area contributed by atoms with Gasteiger partial charge in [0.1, 0.15) is 12.4 Å². The predicted molar refractivity (Wildman–Crippen MR) is 108 cm³/mol. The van der Waals surface area contributed by atoms with Gasteiger partial charge in [-0.3, -0.25) is 0 Å². The first-order chi connectivity index (χ1) is 13.0. The summed E-state index contributed by atoms with van der Waals surface area (Å²) in [5, 5.41) is 13.4. The minimum absolute atomic E-state index is 0.182. The molecule has 0 aliphatic rings. The summed E-state index contributed by atoms with van der Waals surface area (Å²) in [6, 6.07) is 19.7. The average Bonchev–Trinajstić information content (AvgIpc) is 2.67. The number of carbonyl (C=O) groups is 1. The molecule has 6 heteroatoms. The average molecular weight is 402 g/mol. The van der Waals surface area contributed by atoms with E-state index in [4.69, 9.17) is 33.0 Å². The van der Waals surface area contributed by atoms with Crippen LogP contribution in [-0.2, 0) is 13.2 Å². The first kappa shape index (κ1) is 19.1. The van der Waals surface area contributed by atoms with Crippen molar-refractivity contribution in [2.24, 2.45) is 0 Å². The Labute approximate surface area is 167 Å². The quantitative estimate of drug-likeness (QED) is 0.518. The Morgan fingerprint density at radius 1 is 0.963 bits per heavy atom. The summed E-state index contributed by atoms with van der Waals surface area (Å²) in [6.45, 7) is 0.932. The van der Waals surface area contributed by atoms with Gasteiger partial charge in [-0.15, -0.1) is 0 Å². The number of rotatable bonds is 7. The molecule has 138 valence electrons. The topological polar surface area (TPSA) is 58.6 Å².